The van der Waals surface area contributed by atoms with Crippen LogP contribution in [0.5, 0.6) is 11.5 Å². The van der Waals surface area contributed by atoms with Crippen molar-refractivity contribution in [3.05, 3.63) is 40.8 Å². The zero-order valence-electron chi connectivity index (χ0n) is 21.4. The van der Waals surface area contributed by atoms with Crippen molar-refractivity contribution < 1.29 is 4.74 Å². The van der Waals surface area contributed by atoms with Crippen LogP contribution in [0.2, 0.25) is 5.02 Å². The van der Waals surface area contributed by atoms with Crippen molar-refractivity contribution in [2.24, 2.45) is 7.05 Å². The second kappa shape index (κ2) is 8.93. The first-order valence-electron chi connectivity index (χ1n) is 12.1. The number of likely N-dealkylation sites (N-methyl/N-ethyl adjacent to an activating group) is 1. The Hall–Kier alpha value is -3.28. The van der Waals surface area contributed by atoms with E-state index in [0.717, 1.165) is 35.7 Å². The van der Waals surface area contributed by atoms with Gasteiger partial charge in [0.05, 0.1) is 23.9 Å². The molecule has 10 nitrogen and oxygen atoms in total. The molecule has 192 valence electrons. The molecular weight excluding hydrogens is 510 g/mol. The Balaban J connectivity index is 1.32. The summed E-state index contributed by atoms with van der Waals surface area (Å²) in [6.07, 6.45) is 4.32. The van der Waals surface area contributed by atoms with Gasteiger partial charge in [-0.25, -0.2) is 15.0 Å². The van der Waals surface area contributed by atoms with Gasteiger partial charge in [0.2, 0.25) is 5.95 Å². The molecule has 1 N–H and O–H groups in total. The summed E-state index contributed by atoms with van der Waals surface area (Å²) >= 11 is 8.27. The van der Waals surface area contributed by atoms with E-state index >= 15 is 0 Å². The number of imidazole rings is 1. The number of ether oxygens (including phenoxy) is 1. The maximum Gasteiger partial charge on any atom is 0.210 e. The van der Waals surface area contributed by atoms with Crippen molar-refractivity contribution in [2.75, 3.05) is 25.5 Å². The van der Waals surface area contributed by atoms with Crippen LogP contribution in [0.3, 0.4) is 0 Å². The molecule has 1 fully saturated rings. The number of halogens is 1. The fourth-order valence-electron chi connectivity index (χ4n) is 4.74. The Bertz CT molecular complexity index is 1620. The lowest BCUT2D eigenvalue weighted by Gasteiger charge is -2.23. The lowest BCUT2D eigenvalue weighted by molar-refractivity contribution is 0.366. The summed E-state index contributed by atoms with van der Waals surface area (Å²) in [4.78, 5) is 21.1. The molecule has 0 aliphatic carbocycles. The molecule has 0 aromatic carbocycles. The summed E-state index contributed by atoms with van der Waals surface area (Å²) in [7, 11) is 4.05. The molecule has 0 unspecified atom stereocenters. The van der Waals surface area contributed by atoms with Crippen molar-refractivity contribution in [3.8, 4) is 11.5 Å². The zero-order chi connectivity index (χ0) is 25.9. The fourth-order valence-corrected chi connectivity index (χ4v) is 5.65. The van der Waals surface area contributed by atoms with E-state index in [1.165, 1.54) is 17.0 Å². The smallest absolute Gasteiger partial charge is 0.210 e. The summed E-state index contributed by atoms with van der Waals surface area (Å²) in [5, 5.41) is 8.76. The minimum atomic E-state index is -0.0477. The van der Waals surface area contributed by atoms with Gasteiger partial charge in [0.1, 0.15) is 26.6 Å². The molecular formula is C25H28ClN9OS. The van der Waals surface area contributed by atoms with Crippen LogP contribution in [-0.4, -0.2) is 59.3 Å². The van der Waals surface area contributed by atoms with Crippen LogP contribution in [0, 0.1) is 0 Å². The number of hydrogen-bond donors (Lipinski definition) is 1. The van der Waals surface area contributed by atoms with E-state index in [1.807, 2.05) is 17.7 Å². The molecule has 0 amide bonds. The van der Waals surface area contributed by atoms with Crippen LogP contribution in [0.25, 0.3) is 21.5 Å². The largest absolute Gasteiger partial charge is 0.452 e. The van der Waals surface area contributed by atoms with Gasteiger partial charge in [-0.3, -0.25) is 4.68 Å². The van der Waals surface area contributed by atoms with E-state index in [-0.39, 0.29) is 5.41 Å². The van der Waals surface area contributed by atoms with Gasteiger partial charge in [0.15, 0.2) is 17.2 Å². The van der Waals surface area contributed by atoms with Crippen LogP contribution >= 0.6 is 22.9 Å². The molecule has 0 radical (unpaired) electrons. The number of thiazole rings is 1. The molecule has 5 aromatic heterocycles. The third kappa shape index (κ3) is 4.41. The lowest BCUT2D eigenvalue weighted by atomic mass is 9.91. The monoisotopic (exact) mass is 537 g/mol. The van der Waals surface area contributed by atoms with Gasteiger partial charge in [0, 0.05) is 36.8 Å². The van der Waals surface area contributed by atoms with Crippen LogP contribution in [0.4, 0.5) is 11.8 Å². The highest BCUT2D eigenvalue weighted by Crippen LogP contribution is 2.37. The molecule has 1 saturated heterocycles. The van der Waals surface area contributed by atoms with Crippen molar-refractivity contribution in [1.82, 2.24) is 39.2 Å². The summed E-state index contributed by atoms with van der Waals surface area (Å²) in [5.74, 6) is 2.30. The predicted molar refractivity (Wildman–Crippen MR) is 146 cm³/mol. The molecule has 37 heavy (non-hydrogen) atoms. The average molecular weight is 538 g/mol. The highest BCUT2D eigenvalue weighted by Gasteiger charge is 2.29. The molecule has 6 heterocycles. The van der Waals surface area contributed by atoms with E-state index in [9.17, 15) is 0 Å². The Morgan fingerprint density at radius 1 is 1.14 bits per heavy atom. The normalized spacial score (nSPS) is 16.8. The Morgan fingerprint density at radius 3 is 2.73 bits per heavy atom. The van der Waals surface area contributed by atoms with Crippen LogP contribution in [0.1, 0.15) is 38.9 Å². The first-order valence-corrected chi connectivity index (χ1v) is 13.4. The van der Waals surface area contributed by atoms with Crippen molar-refractivity contribution in [3.63, 3.8) is 0 Å². The third-order valence-corrected chi connectivity index (χ3v) is 7.77. The maximum atomic E-state index is 6.79. The number of likely N-dealkylation sites (tertiary alicyclic amines) is 1. The van der Waals surface area contributed by atoms with E-state index in [1.54, 1.807) is 17.9 Å². The molecule has 0 spiro atoms. The van der Waals surface area contributed by atoms with E-state index in [2.05, 4.69) is 68.7 Å². The summed E-state index contributed by atoms with van der Waals surface area (Å²) < 4.78 is 10.1. The Kier molecular flexibility index (Phi) is 5.81. The second-order valence-corrected chi connectivity index (χ2v) is 11.7. The number of pyridine rings is 2. The molecule has 1 aliphatic heterocycles. The number of hydrogen-bond acceptors (Lipinski definition) is 9. The summed E-state index contributed by atoms with van der Waals surface area (Å²) in [6.45, 7) is 8.70. The first-order chi connectivity index (χ1) is 17.7. The number of rotatable bonds is 5. The van der Waals surface area contributed by atoms with Gasteiger partial charge >= 0.3 is 0 Å². The SMILES string of the molecule is CN1CC[C@H](n2nc(Nc3nc4ncc(Oc5cnc6scnc6c5)c(Cl)c4n3C)cc2C(C)(C)C)C1. The van der Waals surface area contributed by atoms with Crippen LogP contribution in [0.15, 0.2) is 30.0 Å². The minimum Gasteiger partial charge on any atom is -0.452 e. The van der Waals surface area contributed by atoms with E-state index in [4.69, 9.17) is 21.4 Å². The van der Waals surface area contributed by atoms with Gasteiger partial charge in [-0.1, -0.05) is 32.4 Å². The van der Waals surface area contributed by atoms with E-state index in [0.29, 0.717) is 39.7 Å². The molecule has 1 atom stereocenters. The quantitative estimate of drug-likeness (QED) is 0.312. The third-order valence-electron chi connectivity index (χ3n) is 6.65. The Morgan fingerprint density at radius 2 is 1.97 bits per heavy atom. The molecule has 1 aliphatic rings. The number of aryl methyl sites for hydroxylation is 1. The van der Waals surface area contributed by atoms with Crippen LogP contribution in [-0.2, 0) is 12.5 Å². The van der Waals surface area contributed by atoms with Gasteiger partial charge < -0.3 is 19.5 Å². The number of nitrogens with zero attached hydrogens (tertiary/aromatic N) is 8. The van der Waals surface area contributed by atoms with Gasteiger partial charge in [-0.05, 0) is 20.0 Å². The molecule has 12 heteroatoms. The second-order valence-electron chi connectivity index (χ2n) is 10.5. The molecule has 5 aromatic rings. The highest BCUT2D eigenvalue weighted by molar-refractivity contribution is 7.16. The maximum absolute atomic E-state index is 6.79. The standard InChI is InChI=1S/C25H28ClN9OS/c1-25(2,3)18-9-19(32-35(18)14-6-7-33(4)12-14)30-24-31-22-21(34(24)5)20(26)17(11-27-22)36-15-8-16-23(28-10-15)37-13-29-16/h8-11,13-14H,6-7,12H2,1-5H3,(H,27,30,31,32)/t14-/m0/s1. The van der Waals surface area contributed by atoms with Crippen molar-refractivity contribution in [1.29, 1.82) is 0 Å². The number of aromatic nitrogens is 7. The number of nitrogens with one attached hydrogen (secondary N) is 1. The fraction of sp³-hybridized carbons (Fsp3) is 0.400. The lowest BCUT2D eigenvalue weighted by Crippen LogP contribution is -2.24. The van der Waals surface area contributed by atoms with Gasteiger partial charge in [-0.15, -0.1) is 11.3 Å². The Labute approximate surface area is 223 Å². The minimum absolute atomic E-state index is 0.0477. The highest BCUT2D eigenvalue weighted by atomic mass is 35.5. The van der Waals surface area contributed by atoms with Gasteiger partial charge in [-0.2, -0.15) is 10.1 Å². The topological polar surface area (TPSA) is 98.8 Å². The summed E-state index contributed by atoms with van der Waals surface area (Å²) in [5.41, 5.74) is 4.85. The van der Waals surface area contributed by atoms with Crippen LogP contribution < -0.4 is 10.1 Å². The van der Waals surface area contributed by atoms with E-state index < -0.39 is 0 Å². The zero-order valence-corrected chi connectivity index (χ0v) is 22.9. The molecule has 0 bridgehead atoms. The number of fused-ring (bicyclic) bond motifs is 2. The summed E-state index contributed by atoms with van der Waals surface area (Å²) in [6, 6.07) is 4.30. The first kappa shape index (κ1) is 24.1. The predicted octanol–water partition coefficient (Wildman–Crippen LogP) is 5.53. The average Bonchev–Trinajstić information content (AvgIpc) is 3.62. The van der Waals surface area contributed by atoms with Crippen molar-refractivity contribution in [2.45, 2.75) is 38.6 Å². The number of anilines is 2. The van der Waals surface area contributed by atoms with Gasteiger partial charge in [0.25, 0.3) is 0 Å². The molecule has 6 rings (SSSR count). The van der Waals surface area contributed by atoms with Crippen molar-refractivity contribution >= 4 is 56.2 Å². The molecule has 0 saturated carbocycles.